The van der Waals surface area contributed by atoms with Gasteiger partial charge in [-0.1, -0.05) is 25.8 Å². The number of fused-ring (bicyclic) bond motifs is 2. The van der Waals surface area contributed by atoms with Gasteiger partial charge >= 0.3 is 0 Å². The van der Waals surface area contributed by atoms with E-state index in [-0.39, 0.29) is 23.3 Å². The summed E-state index contributed by atoms with van der Waals surface area (Å²) in [6.45, 7) is 5.67. The van der Waals surface area contributed by atoms with Crippen LogP contribution in [0.2, 0.25) is 0 Å². The lowest BCUT2D eigenvalue weighted by molar-refractivity contribution is -0.134. The van der Waals surface area contributed by atoms with Crippen molar-refractivity contribution in [3.8, 4) is 5.75 Å². The molecule has 1 aromatic carbocycles. The second-order valence-electron chi connectivity index (χ2n) is 8.18. The summed E-state index contributed by atoms with van der Waals surface area (Å²) in [5.74, 6) is 1.19. The van der Waals surface area contributed by atoms with Crippen LogP contribution in [-0.4, -0.2) is 31.0 Å². The van der Waals surface area contributed by atoms with E-state index in [0.717, 1.165) is 37.9 Å². The maximum Gasteiger partial charge on any atom is 0.265 e. The van der Waals surface area contributed by atoms with Crippen LogP contribution in [0.5, 0.6) is 5.75 Å². The van der Waals surface area contributed by atoms with Crippen LogP contribution in [0.25, 0.3) is 0 Å². The van der Waals surface area contributed by atoms with Gasteiger partial charge in [0.15, 0.2) is 6.10 Å². The predicted octanol–water partition coefficient (Wildman–Crippen LogP) is 2.75. The highest BCUT2D eigenvalue weighted by molar-refractivity contribution is 5.97. The summed E-state index contributed by atoms with van der Waals surface area (Å²) in [6, 6.07) is 5.63. The fourth-order valence-corrected chi connectivity index (χ4v) is 4.81. The van der Waals surface area contributed by atoms with Gasteiger partial charge in [-0.15, -0.1) is 0 Å². The number of hydrogen-bond donors (Lipinski definition) is 3. The molecule has 1 saturated carbocycles. The normalized spacial score (nSPS) is 30.5. The largest absolute Gasteiger partial charge is 0.478 e. The monoisotopic (exact) mass is 371 g/mol. The fraction of sp³-hybridized carbons (Fsp3) is 0.619. The SMILES string of the molecule is CCC1Oc2cc(C(C)NC(=O)[C@@]34CCCC[C@H]3CNC4)ccc2NC1=O. The first-order chi connectivity index (χ1) is 13.0. The van der Waals surface area contributed by atoms with Crippen molar-refractivity contribution in [2.75, 3.05) is 18.4 Å². The van der Waals surface area contributed by atoms with Crippen molar-refractivity contribution in [2.24, 2.45) is 11.3 Å². The van der Waals surface area contributed by atoms with Gasteiger partial charge in [-0.25, -0.2) is 0 Å². The van der Waals surface area contributed by atoms with Crippen LogP contribution in [0.15, 0.2) is 18.2 Å². The van der Waals surface area contributed by atoms with E-state index in [9.17, 15) is 9.59 Å². The van der Waals surface area contributed by atoms with E-state index < -0.39 is 6.10 Å². The molecule has 2 unspecified atom stereocenters. The van der Waals surface area contributed by atoms with Crippen LogP contribution in [0, 0.1) is 11.3 Å². The zero-order valence-electron chi connectivity index (χ0n) is 16.1. The maximum absolute atomic E-state index is 13.2. The lowest BCUT2D eigenvalue weighted by Crippen LogP contribution is -2.48. The third-order valence-corrected chi connectivity index (χ3v) is 6.53. The molecule has 6 heteroatoms. The number of rotatable bonds is 4. The van der Waals surface area contributed by atoms with Crippen molar-refractivity contribution >= 4 is 17.5 Å². The van der Waals surface area contributed by atoms with Crippen LogP contribution in [0.4, 0.5) is 5.69 Å². The van der Waals surface area contributed by atoms with Crippen LogP contribution < -0.4 is 20.7 Å². The van der Waals surface area contributed by atoms with E-state index in [2.05, 4.69) is 16.0 Å². The molecule has 3 aliphatic rings. The molecule has 0 radical (unpaired) electrons. The number of ether oxygens (including phenoxy) is 1. The van der Waals surface area contributed by atoms with Gasteiger partial charge in [0.25, 0.3) is 5.91 Å². The maximum atomic E-state index is 13.2. The molecule has 2 amide bonds. The number of carbonyl (C=O) groups excluding carboxylic acids is 2. The van der Waals surface area contributed by atoms with E-state index >= 15 is 0 Å². The molecular weight excluding hydrogens is 342 g/mol. The molecule has 0 aromatic heterocycles. The second-order valence-corrected chi connectivity index (χ2v) is 8.18. The molecule has 3 N–H and O–H groups in total. The predicted molar refractivity (Wildman–Crippen MR) is 104 cm³/mol. The van der Waals surface area contributed by atoms with Crippen LogP contribution >= 0.6 is 0 Å². The van der Waals surface area contributed by atoms with Crippen LogP contribution in [0.1, 0.15) is 57.6 Å². The van der Waals surface area contributed by atoms with Gasteiger partial charge in [0.1, 0.15) is 5.75 Å². The van der Waals surface area contributed by atoms with Gasteiger partial charge in [-0.2, -0.15) is 0 Å². The average Bonchev–Trinajstić information content (AvgIpc) is 3.12. The standard InChI is InChI=1S/C21H29N3O3/c1-3-17-19(25)24-16-8-7-14(10-18(16)27-17)13(2)23-20(26)21-9-5-4-6-15(21)11-22-12-21/h7-8,10,13,15,17,22H,3-6,9,11-12H2,1-2H3,(H,23,26)(H,24,25)/t13?,15-,17?,21+/m0/s1. The molecule has 1 aromatic rings. The first-order valence-corrected chi connectivity index (χ1v) is 10.2. The number of benzene rings is 1. The Morgan fingerprint density at radius 1 is 1.41 bits per heavy atom. The van der Waals surface area contributed by atoms with Gasteiger partial charge in [0.05, 0.1) is 17.1 Å². The van der Waals surface area contributed by atoms with E-state index in [0.29, 0.717) is 23.8 Å². The molecule has 2 heterocycles. The minimum absolute atomic E-state index is 0.102. The zero-order chi connectivity index (χ0) is 19.0. The highest BCUT2D eigenvalue weighted by Gasteiger charge is 2.50. The number of nitrogens with one attached hydrogen (secondary N) is 3. The molecular formula is C21H29N3O3. The molecule has 4 atom stereocenters. The second kappa shape index (κ2) is 7.15. The Kier molecular flexibility index (Phi) is 4.84. The van der Waals surface area contributed by atoms with Crippen molar-refractivity contribution in [2.45, 2.75) is 58.1 Å². The third kappa shape index (κ3) is 3.20. The van der Waals surface area contributed by atoms with E-state index in [4.69, 9.17) is 4.74 Å². The summed E-state index contributed by atoms with van der Waals surface area (Å²) in [4.78, 5) is 25.1. The van der Waals surface area contributed by atoms with Crippen molar-refractivity contribution in [3.05, 3.63) is 23.8 Å². The Bertz CT molecular complexity index is 750. The molecule has 6 nitrogen and oxygen atoms in total. The third-order valence-electron chi connectivity index (χ3n) is 6.53. The first kappa shape index (κ1) is 18.3. The summed E-state index contributed by atoms with van der Waals surface area (Å²) < 4.78 is 5.84. The van der Waals surface area contributed by atoms with Crippen molar-refractivity contribution < 1.29 is 14.3 Å². The molecule has 146 valence electrons. The van der Waals surface area contributed by atoms with Crippen molar-refractivity contribution in [1.29, 1.82) is 0 Å². The Morgan fingerprint density at radius 2 is 2.26 bits per heavy atom. The molecule has 1 saturated heterocycles. The fourth-order valence-electron chi connectivity index (χ4n) is 4.81. The summed E-state index contributed by atoms with van der Waals surface area (Å²) >= 11 is 0. The molecule has 0 spiro atoms. The Morgan fingerprint density at radius 3 is 3.07 bits per heavy atom. The lowest BCUT2D eigenvalue weighted by atomic mass is 9.67. The van der Waals surface area contributed by atoms with Gasteiger partial charge in [-0.05, 0) is 56.3 Å². The average molecular weight is 371 g/mol. The van der Waals surface area contributed by atoms with Gasteiger partial charge in [0, 0.05) is 6.54 Å². The Hall–Kier alpha value is -2.08. The molecule has 1 aliphatic carbocycles. The quantitative estimate of drug-likeness (QED) is 0.760. The highest BCUT2D eigenvalue weighted by atomic mass is 16.5. The minimum atomic E-state index is -0.455. The molecule has 2 fully saturated rings. The van der Waals surface area contributed by atoms with Gasteiger partial charge < -0.3 is 20.7 Å². The summed E-state index contributed by atoms with van der Waals surface area (Å²) in [7, 11) is 0. The zero-order valence-corrected chi connectivity index (χ0v) is 16.1. The minimum Gasteiger partial charge on any atom is -0.478 e. The first-order valence-electron chi connectivity index (χ1n) is 10.2. The van der Waals surface area contributed by atoms with Crippen molar-refractivity contribution in [3.63, 3.8) is 0 Å². The van der Waals surface area contributed by atoms with Gasteiger partial charge in [0.2, 0.25) is 5.91 Å². The molecule has 0 bridgehead atoms. The molecule has 4 rings (SSSR count). The smallest absolute Gasteiger partial charge is 0.265 e. The highest BCUT2D eigenvalue weighted by Crippen LogP contribution is 2.44. The van der Waals surface area contributed by atoms with Crippen LogP contribution in [-0.2, 0) is 9.59 Å². The Balaban J connectivity index is 1.49. The number of anilines is 1. The Labute approximate surface area is 160 Å². The summed E-state index contributed by atoms with van der Waals surface area (Å²) in [5, 5.41) is 9.57. The summed E-state index contributed by atoms with van der Waals surface area (Å²) in [5.41, 5.74) is 1.43. The van der Waals surface area contributed by atoms with E-state index in [1.165, 1.54) is 6.42 Å². The molecule has 27 heavy (non-hydrogen) atoms. The van der Waals surface area contributed by atoms with Crippen LogP contribution in [0.3, 0.4) is 0 Å². The summed E-state index contributed by atoms with van der Waals surface area (Å²) in [6.07, 6.45) is 4.64. The number of hydrogen-bond acceptors (Lipinski definition) is 4. The van der Waals surface area contributed by atoms with Crippen molar-refractivity contribution in [1.82, 2.24) is 10.6 Å². The van der Waals surface area contributed by atoms with E-state index in [1.54, 1.807) is 0 Å². The topological polar surface area (TPSA) is 79.5 Å². The lowest BCUT2D eigenvalue weighted by Gasteiger charge is -2.38. The van der Waals surface area contributed by atoms with Gasteiger partial charge in [-0.3, -0.25) is 9.59 Å². The number of amides is 2. The van der Waals surface area contributed by atoms with E-state index in [1.807, 2.05) is 32.0 Å². The molecule has 2 aliphatic heterocycles. The number of carbonyl (C=O) groups is 2.